The van der Waals surface area contributed by atoms with E-state index in [1.54, 1.807) is 13.8 Å². The number of carbonyl (C=O) groups is 2. The number of fused-ring (bicyclic) bond motifs is 1. The molecule has 0 aromatic heterocycles. The molecular formula is C19H21F3O8S. The second-order valence-electron chi connectivity index (χ2n) is 7.08. The van der Waals surface area contributed by atoms with E-state index in [9.17, 15) is 31.2 Å². The second-order valence-corrected chi connectivity index (χ2v) is 8.61. The number of carboxylic acid groups (broad SMARTS) is 1. The van der Waals surface area contributed by atoms with Gasteiger partial charge in [0.05, 0.1) is 13.0 Å². The fourth-order valence-corrected chi connectivity index (χ4v) is 3.69. The van der Waals surface area contributed by atoms with Crippen molar-refractivity contribution in [1.82, 2.24) is 0 Å². The van der Waals surface area contributed by atoms with E-state index >= 15 is 0 Å². The number of aliphatic carboxylic acids is 1. The normalized spacial score (nSPS) is 15.3. The Kier molecular flexibility index (Phi) is 6.94. The van der Waals surface area contributed by atoms with E-state index in [0.717, 1.165) is 0 Å². The molecule has 1 aromatic carbocycles. The first-order valence-electron chi connectivity index (χ1n) is 8.99. The molecule has 31 heavy (non-hydrogen) atoms. The SMILES string of the molecule is COc1c(C)c2c(c(OS(=O)(=O)C(F)(F)F)c1C/C=C(\C)C[C@@H](C)C(=O)O)C(=O)OC2. The summed E-state index contributed by atoms with van der Waals surface area (Å²) in [6.45, 7) is 4.38. The molecule has 12 heteroatoms. The number of alkyl halides is 3. The van der Waals surface area contributed by atoms with Crippen LogP contribution < -0.4 is 8.92 Å². The molecule has 1 heterocycles. The van der Waals surface area contributed by atoms with Crippen LogP contribution in [0.4, 0.5) is 13.2 Å². The van der Waals surface area contributed by atoms with Crippen molar-refractivity contribution in [3.8, 4) is 11.5 Å². The van der Waals surface area contributed by atoms with Gasteiger partial charge in [0.15, 0.2) is 5.75 Å². The van der Waals surface area contributed by atoms with Crippen molar-refractivity contribution in [3.63, 3.8) is 0 Å². The zero-order valence-corrected chi connectivity index (χ0v) is 17.9. The van der Waals surface area contributed by atoms with E-state index in [1.165, 1.54) is 20.1 Å². The van der Waals surface area contributed by atoms with Gasteiger partial charge in [-0.05, 0) is 32.3 Å². The lowest BCUT2D eigenvalue weighted by molar-refractivity contribution is -0.141. The maximum atomic E-state index is 13.0. The van der Waals surface area contributed by atoms with Crippen LogP contribution >= 0.6 is 0 Å². The molecule has 1 N–H and O–H groups in total. The van der Waals surface area contributed by atoms with Gasteiger partial charge in [0, 0.05) is 11.1 Å². The Morgan fingerprint density at radius 1 is 1.32 bits per heavy atom. The minimum Gasteiger partial charge on any atom is -0.496 e. The van der Waals surface area contributed by atoms with Gasteiger partial charge in [-0.15, -0.1) is 0 Å². The van der Waals surface area contributed by atoms with E-state index < -0.39 is 44.8 Å². The van der Waals surface area contributed by atoms with Crippen LogP contribution in [0.5, 0.6) is 11.5 Å². The first-order chi connectivity index (χ1) is 14.2. The number of rotatable bonds is 8. The number of ether oxygens (including phenoxy) is 2. The predicted molar refractivity (Wildman–Crippen MR) is 101 cm³/mol. The minimum absolute atomic E-state index is 0.0414. The number of halogens is 3. The number of allylic oxidation sites excluding steroid dienone is 2. The molecule has 0 radical (unpaired) electrons. The van der Waals surface area contributed by atoms with Crippen LogP contribution in [0.3, 0.4) is 0 Å². The molecule has 8 nitrogen and oxygen atoms in total. The average molecular weight is 466 g/mol. The third-order valence-corrected chi connectivity index (χ3v) is 5.76. The van der Waals surface area contributed by atoms with Gasteiger partial charge in [-0.2, -0.15) is 21.6 Å². The number of benzene rings is 1. The average Bonchev–Trinajstić information content (AvgIpc) is 3.03. The highest BCUT2D eigenvalue weighted by atomic mass is 32.2. The lowest BCUT2D eigenvalue weighted by Crippen LogP contribution is -2.29. The van der Waals surface area contributed by atoms with Gasteiger partial charge in [0.1, 0.15) is 17.9 Å². The van der Waals surface area contributed by atoms with E-state index in [1.807, 2.05) is 0 Å². The Morgan fingerprint density at radius 2 is 1.94 bits per heavy atom. The molecule has 0 saturated carbocycles. The van der Waals surface area contributed by atoms with Crippen LogP contribution in [0.1, 0.15) is 47.3 Å². The summed E-state index contributed by atoms with van der Waals surface area (Å²) in [6.07, 6.45) is 1.49. The number of cyclic esters (lactones) is 1. The Hall–Kier alpha value is -2.76. The largest absolute Gasteiger partial charge is 0.534 e. The third-order valence-electron chi connectivity index (χ3n) is 4.81. The standard InChI is InChI=1S/C19H21F3O8S/c1-9(7-10(2)17(23)24)5-6-12-15(28-4)11(3)13-8-29-18(25)14(13)16(12)30-31(26,27)19(20,21)22/h5,10H,6-8H2,1-4H3,(H,23,24)/b9-5+/t10-/m1/s1. The van der Waals surface area contributed by atoms with E-state index in [-0.39, 0.29) is 36.3 Å². The highest BCUT2D eigenvalue weighted by Crippen LogP contribution is 2.44. The van der Waals surface area contributed by atoms with Gasteiger partial charge in [-0.25, -0.2) is 4.79 Å². The molecule has 1 aliphatic rings. The molecule has 1 aromatic rings. The van der Waals surface area contributed by atoms with Gasteiger partial charge < -0.3 is 18.8 Å². The van der Waals surface area contributed by atoms with Crippen LogP contribution in [0.25, 0.3) is 0 Å². The number of methoxy groups -OCH3 is 1. The molecule has 0 fully saturated rings. The van der Waals surface area contributed by atoms with Crippen LogP contribution in [-0.2, 0) is 32.7 Å². The molecule has 1 aliphatic heterocycles. The minimum atomic E-state index is -6.09. The number of hydrogen-bond acceptors (Lipinski definition) is 7. The smallest absolute Gasteiger partial charge is 0.496 e. The highest BCUT2D eigenvalue weighted by Gasteiger charge is 2.50. The number of hydrogen-bond donors (Lipinski definition) is 1. The highest BCUT2D eigenvalue weighted by molar-refractivity contribution is 7.88. The Morgan fingerprint density at radius 3 is 2.45 bits per heavy atom. The number of esters is 1. The summed E-state index contributed by atoms with van der Waals surface area (Å²) in [5.41, 5.74) is -5.10. The monoisotopic (exact) mass is 466 g/mol. The lowest BCUT2D eigenvalue weighted by Gasteiger charge is -2.19. The molecule has 0 saturated heterocycles. The summed E-state index contributed by atoms with van der Waals surface area (Å²) in [5, 5.41) is 9.03. The molecule has 0 amide bonds. The van der Waals surface area contributed by atoms with Gasteiger partial charge in [0.2, 0.25) is 0 Å². The quantitative estimate of drug-likeness (QED) is 0.268. The molecule has 2 rings (SSSR count). The Bertz CT molecular complexity index is 1040. The first-order valence-corrected chi connectivity index (χ1v) is 10.4. The summed E-state index contributed by atoms with van der Waals surface area (Å²) < 4.78 is 76.9. The summed E-state index contributed by atoms with van der Waals surface area (Å²) in [4.78, 5) is 23.2. The number of carboxylic acids is 1. The summed E-state index contributed by atoms with van der Waals surface area (Å²) in [7, 11) is -4.85. The van der Waals surface area contributed by atoms with Gasteiger partial charge in [-0.1, -0.05) is 18.6 Å². The van der Waals surface area contributed by atoms with Crippen molar-refractivity contribution in [2.24, 2.45) is 5.92 Å². The van der Waals surface area contributed by atoms with Crippen molar-refractivity contribution >= 4 is 22.1 Å². The van der Waals surface area contributed by atoms with Crippen molar-refractivity contribution < 1.29 is 49.9 Å². The molecule has 1 atom stereocenters. The molecular weight excluding hydrogens is 445 g/mol. The third kappa shape index (κ3) is 4.94. The Labute approximate surface area is 176 Å². The zero-order chi connectivity index (χ0) is 23.7. The molecule has 0 unspecified atom stereocenters. The molecule has 0 bridgehead atoms. The summed E-state index contributed by atoms with van der Waals surface area (Å²) >= 11 is 0. The van der Waals surface area contributed by atoms with Crippen molar-refractivity contribution in [1.29, 1.82) is 0 Å². The van der Waals surface area contributed by atoms with E-state index in [2.05, 4.69) is 4.18 Å². The Balaban J connectivity index is 2.66. The lowest BCUT2D eigenvalue weighted by atomic mass is 9.94. The number of carbonyl (C=O) groups excluding carboxylic acids is 1. The van der Waals surface area contributed by atoms with Gasteiger partial charge >= 0.3 is 27.6 Å². The predicted octanol–water partition coefficient (Wildman–Crippen LogP) is 3.50. The van der Waals surface area contributed by atoms with E-state index in [0.29, 0.717) is 11.1 Å². The van der Waals surface area contributed by atoms with Crippen LogP contribution in [-0.4, -0.2) is 38.1 Å². The topological polar surface area (TPSA) is 116 Å². The van der Waals surface area contributed by atoms with Crippen molar-refractivity contribution in [3.05, 3.63) is 33.9 Å². The first kappa shape index (κ1) is 24.5. The van der Waals surface area contributed by atoms with E-state index in [4.69, 9.17) is 14.6 Å². The fourth-order valence-electron chi connectivity index (χ4n) is 3.19. The van der Waals surface area contributed by atoms with Crippen LogP contribution in [0, 0.1) is 12.8 Å². The van der Waals surface area contributed by atoms with Crippen LogP contribution in [0.15, 0.2) is 11.6 Å². The summed E-state index contributed by atoms with van der Waals surface area (Å²) in [5.74, 6) is -3.53. The maximum Gasteiger partial charge on any atom is 0.534 e. The summed E-state index contributed by atoms with van der Waals surface area (Å²) in [6, 6.07) is 0. The van der Waals surface area contributed by atoms with Crippen LogP contribution in [0.2, 0.25) is 0 Å². The van der Waals surface area contributed by atoms with Crippen molar-refractivity contribution in [2.45, 2.75) is 45.7 Å². The van der Waals surface area contributed by atoms with Crippen molar-refractivity contribution in [2.75, 3.05) is 7.11 Å². The molecule has 172 valence electrons. The molecule has 0 aliphatic carbocycles. The van der Waals surface area contributed by atoms with Gasteiger partial charge in [0.25, 0.3) is 0 Å². The zero-order valence-electron chi connectivity index (χ0n) is 17.1. The molecule has 0 spiro atoms. The van der Waals surface area contributed by atoms with Gasteiger partial charge in [-0.3, -0.25) is 4.79 Å². The fraction of sp³-hybridized carbons (Fsp3) is 0.474. The second kappa shape index (κ2) is 8.77. The maximum absolute atomic E-state index is 13.0.